The van der Waals surface area contributed by atoms with Gasteiger partial charge in [0.15, 0.2) is 0 Å². The summed E-state index contributed by atoms with van der Waals surface area (Å²) in [6.45, 7) is -0.727. The van der Waals surface area contributed by atoms with E-state index in [-0.39, 0.29) is 19.3 Å². The maximum Gasteiger partial charge on any atom is 0.326 e. The number of primary amides is 1. The van der Waals surface area contributed by atoms with Gasteiger partial charge in [0.05, 0.1) is 12.6 Å². The fourth-order valence-electron chi connectivity index (χ4n) is 1.67. The van der Waals surface area contributed by atoms with Crippen LogP contribution in [0.2, 0.25) is 0 Å². The third kappa shape index (κ3) is 8.70. The van der Waals surface area contributed by atoms with Crippen LogP contribution in [-0.4, -0.2) is 70.6 Å². The summed E-state index contributed by atoms with van der Waals surface area (Å²) in [6.07, 6.45) is 1.89. The molecule has 138 valence electrons. The van der Waals surface area contributed by atoms with E-state index in [4.69, 9.17) is 16.6 Å². The molecule has 0 unspecified atom stereocenters. The van der Waals surface area contributed by atoms with Gasteiger partial charge in [-0.05, 0) is 24.9 Å². The summed E-state index contributed by atoms with van der Waals surface area (Å²) < 4.78 is 0. The minimum atomic E-state index is -1.34. The Morgan fingerprint density at radius 2 is 1.67 bits per heavy atom. The van der Waals surface area contributed by atoms with Crippen molar-refractivity contribution in [1.82, 2.24) is 10.6 Å². The van der Waals surface area contributed by atoms with Gasteiger partial charge in [0.2, 0.25) is 17.7 Å². The quantitative estimate of drug-likeness (QED) is 0.217. The van der Waals surface area contributed by atoms with Crippen LogP contribution in [0.1, 0.15) is 19.3 Å². The maximum atomic E-state index is 12.0. The van der Waals surface area contributed by atoms with E-state index in [9.17, 15) is 24.3 Å². The third-order valence-electron chi connectivity index (χ3n) is 3.08. The van der Waals surface area contributed by atoms with Gasteiger partial charge in [-0.3, -0.25) is 14.4 Å². The Labute approximate surface area is 143 Å². The van der Waals surface area contributed by atoms with Crippen molar-refractivity contribution < 1.29 is 29.4 Å². The first kappa shape index (κ1) is 22.1. The number of aliphatic carboxylic acids is 1. The zero-order valence-electron chi connectivity index (χ0n) is 13.4. The molecular formula is C13H24N4O6S. The molecule has 24 heavy (non-hydrogen) atoms. The summed E-state index contributed by atoms with van der Waals surface area (Å²) in [5, 5.41) is 22.8. The van der Waals surface area contributed by atoms with Crippen molar-refractivity contribution >= 4 is 35.5 Å². The minimum Gasteiger partial charge on any atom is -0.480 e. The Morgan fingerprint density at radius 3 is 2.12 bits per heavy atom. The van der Waals surface area contributed by atoms with Crippen molar-refractivity contribution in [2.24, 2.45) is 11.5 Å². The normalized spacial score (nSPS) is 14.3. The number of carbonyl (C=O) groups excluding carboxylic acids is 3. The van der Waals surface area contributed by atoms with Crippen molar-refractivity contribution in [3.05, 3.63) is 0 Å². The van der Waals surface area contributed by atoms with E-state index in [0.717, 1.165) is 0 Å². The highest BCUT2D eigenvalue weighted by Crippen LogP contribution is 2.02. The second-order valence-electron chi connectivity index (χ2n) is 5.04. The molecule has 3 amide bonds. The number of thioether (sulfide) groups is 1. The van der Waals surface area contributed by atoms with Crippen molar-refractivity contribution in [2.75, 3.05) is 18.6 Å². The fourth-order valence-corrected chi connectivity index (χ4v) is 2.14. The Morgan fingerprint density at radius 1 is 1.08 bits per heavy atom. The predicted octanol–water partition coefficient (Wildman–Crippen LogP) is -2.62. The average molecular weight is 364 g/mol. The molecule has 0 aromatic heterocycles. The lowest BCUT2D eigenvalue weighted by Crippen LogP contribution is -2.56. The van der Waals surface area contributed by atoms with Crippen LogP contribution in [0.15, 0.2) is 0 Å². The van der Waals surface area contributed by atoms with Gasteiger partial charge in [-0.2, -0.15) is 11.8 Å². The van der Waals surface area contributed by atoms with E-state index in [2.05, 4.69) is 10.6 Å². The second kappa shape index (κ2) is 11.6. The lowest BCUT2D eigenvalue weighted by atomic mass is 10.1. The van der Waals surface area contributed by atoms with E-state index in [1.807, 2.05) is 0 Å². The molecule has 0 aliphatic carbocycles. The largest absolute Gasteiger partial charge is 0.480 e. The van der Waals surface area contributed by atoms with Crippen molar-refractivity contribution in [3.8, 4) is 0 Å². The number of nitrogens with one attached hydrogen (secondary N) is 2. The molecule has 0 fully saturated rings. The SMILES string of the molecule is CSCC[C@H](NC(=O)[C@H](CO)NC(=O)[C@@H](N)CCC(N)=O)C(=O)O. The van der Waals surface area contributed by atoms with Gasteiger partial charge in [-0.1, -0.05) is 0 Å². The molecule has 8 N–H and O–H groups in total. The molecule has 0 aromatic carbocycles. The monoisotopic (exact) mass is 364 g/mol. The highest BCUT2D eigenvalue weighted by molar-refractivity contribution is 7.98. The summed E-state index contributed by atoms with van der Waals surface area (Å²) in [5.41, 5.74) is 10.5. The Hall–Kier alpha value is -1.85. The van der Waals surface area contributed by atoms with Gasteiger partial charge < -0.3 is 32.3 Å². The number of rotatable bonds is 12. The van der Waals surface area contributed by atoms with Crippen LogP contribution in [0.25, 0.3) is 0 Å². The van der Waals surface area contributed by atoms with E-state index in [1.165, 1.54) is 11.8 Å². The summed E-state index contributed by atoms with van der Waals surface area (Å²) in [5.74, 6) is -2.89. The van der Waals surface area contributed by atoms with Crippen LogP contribution in [0, 0.1) is 0 Å². The number of amides is 3. The minimum absolute atomic E-state index is 0.00753. The first-order chi connectivity index (χ1) is 11.2. The topological polar surface area (TPSA) is 185 Å². The number of hydrogen-bond acceptors (Lipinski definition) is 7. The zero-order valence-corrected chi connectivity index (χ0v) is 14.2. The summed E-state index contributed by atoms with van der Waals surface area (Å²) in [6, 6.07) is -3.54. The Kier molecular flexibility index (Phi) is 10.8. The van der Waals surface area contributed by atoms with Crippen molar-refractivity contribution in [1.29, 1.82) is 0 Å². The van der Waals surface area contributed by atoms with Crippen LogP contribution in [0.4, 0.5) is 0 Å². The van der Waals surface area contributed by atoms with Gasteiger partial charge in [0, 0.05) is 6.42 Å². The van der Waals surface area contributed by atoms with Crippen LogP contribution in [0.5, 0.6) is 0 Å². The first-order valence-electron chi connectivity index (χ1n) is 7.20. The van der Waals surface area contributed by atoms with Gasteiger partial charge in [-0.15, -0.1) is 0 Å². The van der Waals surface area contributed by atoms with Crippen molar-refractivity contribution in [2.45, 2.75) is 37.4 Å². The number of carbonyl (C=O) groups is 4. The fraction of sp³-hybridized carbons (Fsp3) is 0.692. The predicted molar refractivity (Wildman–Crippen MR) is 88.0 cm³/mol. The number of carboxylic acids is 1. The molecule has 0 rings (SSSR count). The lowest BCUT2D eigenvalue weighted by molar-refractivity contribution is -0.142. The molecule has 0 aliphatic heterocycles. The first-order valence-corrected chi connectivity index (χ1v) is 8.59. The van der Waals surface area contributed by atoms with Gasteiger partial charge >= 0.3 is 5.97 Å². The molecule has 0 heterocycles. The van der Waals surface area contributed by atoms with E-state index in [1.54, 1.807) is 6.26 Å². The number of carboxylic acid groups (broad SMARTS) is 1. The Balaban J connectivity index is 4.64. The van der Waals surface area contributed by atoms with E-state index < -0.39 is 48.4 Å². The number of aliphatic hydroxyl groups excluding tert-OH is 1. The average Bonchev–Trinajstić information content (AvgIpc) is 2.53. The zero-order chi connectivity index (χ0) is 18.7. The molecule has 0 spiro atoms. The van der Waals surface area contributed by atoms with Gasteiger partial charge in [0.1, 0.15) is 12.1 Å². The highest BCUT2D eigenvalue weighted by atomic mass is 32.2. The molecule has 11 heteroatoms. The summed E-state index contributed by atoms with van der Waals surface area (Å²) in [4.78, 5) is 45.6. The summed E-state index contributed by atoms with van der Waals surface area (Å²) in [7, 11) is 0. The standard InChI is InChI=1S/C13H24N4O6S/c1-24-5-4-8(13(22)23)16-12(21)9(6-18)17-11(20)7(14)2-3-10(15)19/h7-9,18H,2-6,14H2,1H3,(H2,15,19)(H,16,21)(H,17,20)(H,22,23)/t7-,8-,9-/m0/s1. The van der Waals surface area contributed by atoms with Crippen LogP contribution in [0.3, 0.4) is 0 Å². The smallest absolute Gasteiger partial charge is 0.326 e. The molecule has 0 aromatic rings. The van der Waals surface area contributed by atoms with Crippen LogP contribution in [-0.2, 0) is 19.2 Å². The third-order valence-corrected chi connectivity index (χ3v) is 3.72. The second-order valence-corrected chi connectivity index (χ2v) is 6.02. The number of hydrogen-bond donors (Lipinski definition) is 6. The molecule has 3 atom stereocenters. The lowest BCUT2D eigenvalue weighted by Gasteiger charge is -2.21. The molecule has 0 saturated carbocycles. The molecule has 0 bridgehead atoms. The molecule has 10 nitrogen and oxygen atoms in total. The Bertz CT molecular complexity index is 462. The molecule has 0 saturated heterocycles. The summed E-state index contributed by atoms with van der Waals surface area (Å²) >= 11 is 1.42. The van der Waals surface area contributed by atoms with Crippen LogP contribution < -0.4 is 22.1 Å². The van der Waals surface area contributed by atoms with E-state index >= 15 is 0 Å². The van der Waals surface area contributed by atoms with Gasteiger partial charge in [-0.25, -0.2) is 4.79 Å². The maximum absolute atomic E-state index is 12.0. The molecule has 0 radical (unpaired) electrons. The molecule has 0 aliphatic rings. The number of nitrogens with two attached hydrogens (primary N) is 2. The van der Waals surface area contributed by atoms with Gasteiger partial charge in [0.25, 0.3) is 0 Å². The van der Waals surface area contributed by atoms with Crippen LogP contribution >= 0.6 is 11.8 Å². The van der Waals surface area contributed by atoms with Crippen molar-refractivity contribution in [3.63, 3.8) is 0 Å². The van der Waals surface area contributed by atoms with E-state index in [0.29, 0.717) is 5.75 Å². The molecular weight excluding hydrogens is 340 g/mol. The highest BCUT2D eigenvalue weighted by Gasteiger charge is 2.27. The number of aliphatic hydroxyl groups is 1.